The Morgan fingerprint density at radius 1 is 1.03 bits per heavy atom. The fraction of sp³-hybridized carbons (Fsp3) is 0.0769. The summed E-state index contributed by atoms with van der Waals surface area (Å²) >= 11 is 1.50. The van der Waals surface area contributed by atoms with E-state index in [1.165, 1.54) is 40.6 Å². The van der Waals surface area contributed by atoms with Gasteiger partial charge in [-0.25, -0.2) is 18.7 Å². The van der Waals surface area contributed by atoms with Gasteiger partial charge in [0, 0.05) is 21.3 Å². The Bertz CT molecular complexity index is 1660. The molecule has 0 unspecified atom stereocenters. The number of nitrogens with zero attached hydrogens (tertiary/aromatic N) is 3. The summed E-state index contributed by atoms with van der Waals surface area (Å²) in [6, 6.07) is 16.0. The summed E-state index contributed by atoms with van der Waals surface area (Å²) in [6.45, 7) is 0.243. The minimum Gasteiger partial charge on any atom is -0.383 e. The minimum atomic E-state index is -0.995. The van der Waals surface area contributed by atoms with Crippen LogP contribution >= 0.6 is 11.3 Å². The second-order valence-electron chi connectivity index (χ2n) is 8.04. The molecule has 0 saturated carbocycles. The van der Waals surface area contributed by atoms with Gasteiger partial charge in [-0.05, 0) is 59.7 Å². The molecule has 0 aliphatic rings. The molecule has 10 heteroatoms. The van der Waals surface area contributed by atoms with Crippen molar-refractivity contribution >= 4 is 34.0 Å². The second-order valence-corrected chi connectivity index (χ2v) is 9.21. The molecule has 5 aromatic rings. The number of thiophene rings is 1. The maximum atomic E-state index is 13.5. The van der Waals surface area contributed by atoms with Gasteiger partial charge in [0.2, 0.25) is 0 Å². The third-order valence-electron chi connectivity index (χ3n) is 5.64. The van der Waals surface area contributed by atoms with Gasteiger partial charge >= 0.3 is 0 Å². The van der Waals surface area contributed by atoms with Crippen LogP contribution in [0.15, 0.2) is 78.0 Å². The standard InChI is InChI=1S/C26H19F2N5O2S/c27-20-6-3-15(10-21(20)28)13-33-9-1-2-18(26(33)35)25(34)30-12-17-5-8-23(36-17)16-4-7-22-19(11-16)24(29)32-14-31-22/h1-11,14H,12-13H2,(H,30,34)(H2,29,31,32). The molecule has 7 nitrogen and oxygen atoms in total. The zero-order valence-corrected chi connectivity index (χ0v) is 19.6. The predicted octanol–water partition coefficient (Wildman–Crippen LogP) is 4.36. The van der Waals surface area contributed by atoms with Crippen LogP contribution in [0.1, 0.15) is 20.8 Å². The smallest absolute Gasteiger partial charge is 0.263 e. The molecule has 3 N–H and O–H groups in total. The lowest BCUT2D eigenvalue weighted by Crippen LogP contribution is -2.32. The van der Waals surface area contributed by atoms with Crippen LogP contribution in [0, 0.1) is 11.6 Å². The highest BCUT2D eigenvalue weighted by Gasteiger charge is 2.14. The number of hydrogen-bond acceptors (Lipinski definition) is 6. The number of carbonyl (C=O) groups is 1. The van der Waals surface area contributed by atoms with Crippen molar-refractivity contribution in [2.45, 2.75) is 13.1 Å². The number of hydrogen-bond donors (Lipinski definition) is 2. The summed E-state index contributed by atoms with van der Waals surface area (Å²) < 4.78 is 28.0. The van der Waals surface area contributed by atoms with E-state index in [4.69, 9.17) is 5.73 Å². The van der Waals surface area contributed by atoms with Crippen LogP contribution in [0.3, 0.4) is 0 Å². The molecule has 0 saturated heterocycles. The van der Waals surface area contributed by atoms with Gasteiger partial charge in [-0.2, -0.15) is 0 Å². The average molecular weight is 504 g/mol. The number of fused-ring (bicyclic) bond motifs is 1. The van der Waals surface area contributed by atoms with E-state index in [0.29, 0.717) is 11.4 Å². The number of benzene rings is 2. The number of halogens is 2. The van der Waals surface area contributed by atoms with E-state index in [0.717, 1.165) is 38.4 Å². The van der Waals surface area contributed by atoms with E-state index in [-0.39, 0.29) is 18.7 Å². The fourth-order valence-electron chi connectivity index (χ4n) is 3.79. The molecule has 0 atom stereocenters. The Kier molecular flexibility index (Phi) is 6.26. The Morgan fingerprint density at radius 2 is 1.89 bits per heavy atom. The quantitative estimate of drug-likeness (QED) is 0.359. The first-order chi connectivity index (χ1) is 17.4. The van der Waals surface area contributed by atoms with Crippen molar-refractivity contribution in [3.63, 3.8) is 0 Å². The fourth-order valence-corrected chi connectivity index (χ4v) is 4.73. The average Bonchev–Trinajstić information content (AvgIpc) is 3.35. The van der Waals surface area contributed by atoms with E-state index in [1.54, 1.807) is 6.07 Å². The number of nitrogen functional groups attached to an aromatic ring is 1. The first-order valence-electron chi connectivity index (χ1n) is 10.9. The molecule has 3 heterocycles. The number of nitrogens with one attached hydrogen (secondary N) is 1. The molecule has 0 aliphatic heterocycles. The van der Waals surface area contributed by atoms with Crippen LogP contribution in [0.5, 0.6) is 0 Å². The molecule has 3 aromatic heterocycles. The van der Waals surface area contributed by atoms with Gasteiger partial charge in [-0.15, -0.1) is 11.3 Å². The first-order valence-corrected chi connectivity index (χ1v) is 11.7. The largest absolute Gasteiger partial charge is 0.383 e. The van der Waals surface area contributed by atoms with Gasteiger partial charge < -0.3 is 15.6 Å². The minimum absolute atomic E-state index is 0.00670. The molecule has 2 aromatic carbocycles. The third-order valence-corrected chi connectivity index (χ3v) is 6.77. The van der Waals surface area contributed by atoms with Crippen LogP contribution in [-0.2, 0) is 13.1 Å². The number of aromatic nitrogens is 3. The summed E-state index contributed by atoms with van der Waals surface area (Å²) in [7, 11) is 0. The molecule has 1 amide bonds. The number of carbonyl (C=O) groups excluding carboxylic acids is 1. The van der Waals surface area contributed by atoms with E-state index in [2.05, 4.69) is 15.3 Å². The maximum Gasteiger partial charge on any atom is 0.263 e. The van der Waals surface area contributed by atoms with Crippen molar-refractivity contribution in [1.82, 2.24) is 19.9 Å². The van der Waals surface area contributed by atoms with Gasteiger partial charge in [0.1, 0.15) is 17.7 Å². The highest BCUT2D eigenvalue weighted by Crippen LogP contribution is 2.31. The maximum absolute atomic E-state index is 13.5. The molecule has 5 rings (SSSR count). The van der Waals surface area contributed by atoms with Gasteiger partial charge in [-0.3, -0.25) is 9.59 Å². The first kappa shape index (κ1) is 23.3. The van der Waals surface area contributed by atoms with E-state index in [1.807, 2.05) is 30.3 Å². The monoisotopic (exact) mass is 503 g/mol. The lowest BCUT2D eigenvalue weighted by molar-refractivity contribution is 0.0949. The highest BCUT2D eigenvalue weighted by molar-refractivity contribution is 7.15. The summed E-state index contributed by atoms with van der Waals surface area (Å²) in [5.41, 5.74) is 7.52. The summed E-state index contributed by atoms with van der Waals surface area (Å²) in [4.78, 5) is 35.7. The Hall–Kier alpha value is -4.44. The third kappa shape index (κ3) is 4.71. The highest BCUT2D eigenvalue weighted by atomic mass is 32.1. The molecule has 0 fully saturated rings. The number of nitrogens with two attached hydrogens (primary N) is 1. The van der Waals surface area contributed by atoms with Crippen molar-refractivity contribution in [3.8, 4) is 10.4 Å². The van der Waals surface area contributed by atoms with E-state index in [9.17, 15) is 18.4 Å². The molecular weight excluding hydrogens is 484 g/mol. The number of rotatable bonds is 6. The Balaban J connectivity index is 1.29. The summed E-state index contributed by atoms with van der Waals surface area (Å²) in [5, 5.41) is 3.54. The van der Waals surface area contributed by atoms with Gasteiger partial charge in [0.05, 0.1) is 18.6 Å². The predicted molar refractivity (Wildman–Crippen MR) is 135 cm³/mol. The summed E-state index contributed by atoms with van der Waals surface area (Å²) in [6.07, 6.45) is 2.92. The molecular formula is C26H19F2N5O2S. The van der Waals surface area contributed by atoms with E-state index >= 15 is 0 Å². The molecule has 0 radical (unpaired) electrons. The van der Waals surface area contributed by atoms with Crippen molar-refractivity contribution in [2.75, 3.05) is 5.73 Å². The molecule has 0 bridgehead atoms. The SMILES string of the molecule is Nc1ncnc2ccc(-c3ccc(CNC(=O)c4cccn(Cc5ccc(F)c(F)c5)c4=O)s3)cc12. The zero-order valence-electron chi connectivity index (χ0n) is 18.7. The second kappa shape index (κ2) is 9.67. The van der Waals surface area contributed by atoms with Gasteiger partial charge in [0.25, 0.3) is 11.5 Å². The zero-order chi connectivity index (χ0) is 25.2. The van der Waals surface area contributed by atoms with Gasteiger partial charge in [-0.1, -0.05) is 12.1 Å². The lowest BCUT2D eigenvalue weighted by atomic mass is 10.1. The van der Waals surface area contributed by atoms with Crippen molar-refractivity contribution in [3.05, 3.63) is 111 Å². The normalized spacial score (nSPS) is 11.1. The van der Waals surface area contributed by atoms with Crippen LogP contribution < -0.4 is 16.6 Å². The number of anilines is 1. The van der Waals surface area contributed by atoms with Crippen molar-refractivity contribution in [2.24, 2.45) is 0 Å². The molecule has 0 spiro atoms. The molecule has 36 heavy (non-hydrogen) atoms. The van der Waals surface area contributed by atoms with Crippen molar-refractivity contribution in [1.29, 1.82) is 0 Å². The topological polar surface area (TPSA) is 103 Å². The van der Waals surface area contributed by atoms with Crippen molar-refractivity contribution < 1.29 is 13.6 Å². The number of amides is 1. The Labute approximate surface area is 207 Å². The molecule has 0 aliphatic carbocycles. The van der Waals surface area contributed by atoms with Crippen LogP contribution in [-0.4, -0.2) is 20.4 Å². The van der Waals surface area contributed by atoms with E-state index < -0.39 is 23.1 Å². The van der Waals surface area contributed by atoms with Gasteiger partial charge in [0.15, 0.2) is 11.6 Å². The number of pyridine rings is 1. The summed E-state index contributed by atoms with van der Waals surface area (Å²) in [5.74, 6) is -2.07. The van der Waals surface area contributed by atoms with Crippen LogP contribution in [0.25, 0.3) is 21.3 Å². The Morgan fingerprint density at radius 3 is 2.72 bits per heavy atom. The lowest BCUT2D eigenvalue weighted by Gasteiger charge is -2.09. The van der Waals surface area contributed by atoms with Crippen LogP contribution in [0.2, 0.25) is 0 Å². The van der Waals surface area contributed by atoms with Crippen LogP contribution in [0.4, 0.5) is 14.6 Å². The molecule has 180 valence electrons.